The van der Waals surface area contributed by atoms with E-state index in [4.69, 9.17) is 0 Å². The first kappa shape index (κ1) is 33.9. The molecule has 0 bridgehead atoms. The van der Waals surface area contributed by atoms with Gasteiger partial charge in [-0.15, -0.1) is 0 Å². The molecule has 0 atom stereocenters. The second kappa shape index (κ2) is 13.0. The Balaban J connectivity index is 1.05. The normalized spacial score (nSPS) is 14.0. The first-order valence-electron chi connectivity index (χ1n) is 19.7. The molecule has 8 aromatic rings. The van der Waals surface area contributed by atoms with Crippen molar-refractivity contribution < 1.29 is 0 Å². The Labute approximate surface area is 331 Å². The van der Waals surface area contributed by atoms with Crippen molar-refractivity contribution in [1.29, 1.82) is 0 Å². The number of fused-ring (bicyclic) bond motifs is 6. The van der Waals surface area contributed by atoms with Gasteiger partial charge in [0.15, 0.2) is 0 Å². The van der Waals surface area contributed by atoms with Gasteiger partial charge in [-0.05, 0) is 128 Å². The SMILES string of the molecule is CC1(C)c2ccccc2-c2ccc(N(c3ccccc3)c3ccc4c(c3)C(C)(C)c3cc(N(c5ccccc5)c5ccc(-c6ccccc6)cc5)ccc3-4)cc21. The minimum atomic E-state index is -0.222. The smallest absolute Gasteiger partial charge is 0.0465 e. The van der Waals surface area contributed by atoms with E-state index in [1.165, 1.54) is 61.3 Å². The summed E-state index contributed by atoms with van der Waals surface area (Å²) < 4.78 is 0. The van der Waals surface area contributed by atoms with E-state index in [0.717, 1.165) is 28.4 Å². The molecule has 10 rings (SSSR count). The third kappa shape index (κ3) is 5.39. The number of anilines is 6. The van der Waals surface area contributed by atoms with E-state index in [2.05, 4.69) is 232 Å². The Morgan fingerprint density at radius 2 is 0.589 bits per heavy atom. The average Bonchev–Trinajstić information content (AvgIpc) is 3.61. The van der Waals surface area contributed by atoms with Crippen molar-refractivity contribution in [2.45, 2.75) is 38.5 Å². The van der Waals surface area contributed by atoms with Gasteiger partial charge in [-0.2, -0.15) is 0 Å². The molecule has 2 heteroatoms. The third-order valence-corrected chi connectivity index (χ3v) is 12.2. The highest BCUT2D eigenvalue weighted by Crippen LogP contribution is 2.54. The van der Waals surface area contributed by atoms with Gasteiger partial charge in [0.05, 0.1) is 0 Å². The van der Waals surface area contributed by atoms with Crippen molar-refractivity contribution in [3.8, 4) is 33.4 Å². The quantitative estimate of drug-likeness (QED) is 0.162. The maximum Gasteiger partial charge on any atom is 0.0465 e. The maximum atomic E-state index is 2.44. The van der Waals surface area contributed by atoms with E-state index in [9.17, 15) is 0 Å². The van der Waals surface area contributed by atoms with Crippen LogP contribution in [0.15, 0.2) is 194 Å². The molecule has 0 aromatic heterocycles. The molecule has 0 saturated carbocycles. The lowest BCUT2D eigenvalue weighted by molar-refractivity contribution is 0.660. The van der Waals surface area contributed by atoms with Gasteiger partial charge in [-0.25, -0.2) is 0 Å². The van der Waals surface area contributed by atoms with Crippen LogP contribution in [-0.2, 0) is 10.8 Å². The van der Waals surface area contributed by atoms with Crippen LogP contribution in [0, 0.1) is 0 Å². The number of benzene rings is 8. The molecule has 2 nitrogen and oxygen atoms in total. The lowest BCUT2D eigenvalue weighted by Gasteiger charge is -2.30. The molecule has 2 aliphatic rings. The third-order valence-electron chi connectivity index (χ3n) is 12.2. The van der Waals surface area contributed by atoms with Crippen LogP contribution >= 0.6 is 0 Å². The molecule has 0 amide bonds. The van der Waals surface area contributed by atoms with Gasteiger partial charge in [-0.3, -0.25) is 0 Å². The van der Waals surface area contributed by atoms with E-state index in [0.29, 0.717) is 0 Å². The van der Waals surface area contributed by atoms with E-state index in [1.807, 2.05) is 0 Å². The van der Waals surface area contributed by atoms with Crippen LogP contribution in [0.5, 0.6) is 0 Å². The van der Waals surface area contributed by atoms with Crippen LogP contribution in [0.1, 0.15) is 49.9 Å². The summed E-state index contributed by atoms with van der Waals surface area (Å²) in [5.74, 6) is 0. The number of hydrogen-bond acceptors (Lipinski definition) is 2. The predicted molar refractivity (Wildman–Crippen MR) is 236 cm³/mol. The molecule has 0 saturated heterocycles. The summed E-state index contributed by atoms with van der Waals surface area (Å²) in [5, 5.41) is 0. The molecule has 2 aliphatic carbocycles. The number of hydrogen-bond donors (Lipinski definition) is 0. The zero-order valence-electron chi connectivity index (χ0n) is 32.4. The fourth-order valence-electron chi connectivity index (χ4n) is 9.31. The number of para-hydroxylation sites is 2. The van der Waals surface area contributed by atoms with Gasteiger partial charge in [-0.1, -0.05) is 149 Å². The van der Waals surface area contributed by atoms with Crippen molar-refractivity contribution in [3.05, 3.63) is 216 Å². The maximum absolute atomic E-state index is 2.44. The van der Waals surface area contributed by atoms with Crippen LogP contribution in [0.3, 0.4) is 0 Å². The van der Waals surface area contributed by atoms with Gasteiger partial charge in [0, 0.05) is 45.0 Å². The molecule has 0 spiro atoms. The van der Waals surface area contributed by atoms with Gasteiger partial charge in [0.25, 0.3) is 0 Å². The van der Waals surface area contributed by atoms with Gasteiger partial charge < -0.3 is 9.80 Å². The summed E-state index contributed by atoms with van der Waals surface area (Å²) >= 11 is 0. The van der Waals surface area contributed by atoms with Crippen molar-refractivity contribution in [2.24, 2.45) is 0 Å². The summed E-state index contributed by atoms with van der Waals surface area (Å²) in [6.07, 6.45) is 0. The second-order valence-corrected chi connectivity index (χ2v) is 16.2. The van der Waals surface area contributed by atoms with E-state index < -0.39 is 0 Å². The highest BCUT2D eigenvalue weighted by atomic mass is 15.1. The van der Waals surface area contributed by atoms with Crippen LogP contribution in [0.2, 0.25) is 0 Å². The zero-order valence-corrected chi connectivity index (χ0v) is 32.4. The Kier molecular flexibility index (Phi) is 7.87. The topological polar surface area (TPSA) is 6.48 Å². The highest BCUT2D eigenvalue weighted by Gasteiger charge is 2.38. The summed E-state index contributed by atoms with van der Waals surface area (Å²) in [7, 11) is 0. The Morgan fingerprint density at radius 3 is 1.07 bits per heavy atom. The molecule has 270 valence electrons. The standard InChI is InChI=1S/C54H44N2/c1-53(2)49-23-15-14-22-45(49)46-31-29-43(35-50(46)53)56(40-20-12-7-13-21-40)44-30-33-48-47-32-28-42(34-51(47)54(3,4)52(48)36-44)55(39-18-10-6-11-19-39)41-26-24-38(25-27-41)37-16-8-5-9-17-37/h5-36H,1-4H3. The summed E-state index contributed by atoms with van der Waals surface area (Å²) in [4.78, 5) is 4.81. The molecule has 56 heavy (non-hydrogen) atoms. The fraction of sp³-hybridized carbons (Fsp3) is 0.111. The van der Waals surface area contributed by atoms with Gasteiger partial charge >= 0.3 is 0 Å². The van der Waals surface area contributed by atoms with Crippen molar-refractivity contribution in [2.75, 3.05) is 9.80 Å². The average molecular weight is 721 g/mol. The monoisotopic (exact) mass is 720 g/mol. The van der Waals surface area contributed by atoms with Gasteiger partial charge in [0.1, 0.15) is 0 Å². The molecule has 0 unspecified atom stereocenters. The molecular weight excluding hydrogens is 677 g/mol. The molecular formula is C54H44N2. The molecule has 0 fully saturated rings. The summed E-state index contributed by atoms with van der Waals surface area (Å²) in [6, 6.07) is 71.1. The molecule has 0 heterocycles. The summed E-state index contributed by atoms with van der Waals surface area (Å²) in [5.41, 5.74) is 19.7. The second-order valence-electron chi connectivity index (χ2n) is 16.2. The van der Waals surface area contributed by atoms with E-state index >= 15 is 0 Å². The van der Waals surface area contributed by atoms with Crippen LogP contribution in [0.25, 0.3) is 33.4 Å². The molecule has 8 aromatic carbocycles. The van der Waals surface area contributed by atoms with Crippen LogP contribution in [0.4, 0.5) is 34.1 Å². The molecule has 0 aliphatic heterocycles. The Morgan fingerprint density at radius 1 is 0.268 bits per heavy atom. The van der Waals surface area contributed by atoms with E-state index in [-0.39, 0.29) is 10.8 Å². The molecule has 0 N–H and O–H groups in total. The minimum Gasteiger partial charge on any atom is -0.310 e. The predicted octanol–water partition coefficient (Wildman–Crippen LogP) is 14.9. The number of rotatable bonds is 7. The van der Waals surface area contributed by atoms with Crippen molar-refractivity contribution in [3.63, 3.8) is 0 Å². The lowest BCUT2D eigenvalue weighted by atomic mass is 9.82. The highest BCUT2D eigenvalue weighted by molar-refractivity contribution is 5.90. The lowest BCUT2D eigenvalue weighted by Crippen LogP contribution is -2.18. The van der Waals surface area contributed by atoms with Crippen molar-refractivity contribution in [1.82, 2.24) is 0 Å². The Bertz CT molecular complexity index is 2730. The zero-order chi connectivity index (χ0) is 38.0. The van der Waals surface area contributed by atoms with Crippen LogP contribution < -0.4 is 9.80 Å². The van der Waals surface area contributed by atoms with Crippen molar-refractivity contribution >= 4 is 34.1 Å². The molecule has 0 radical (unpaired) electrons. The van der Waals surface area contributed by atoms with E-state index in [1.54, 1.807) is 0 Å². The number of nitrogens with zero attached hydrogens (tertiary/aromatic N) is 2. The Hall–Kier alpha value is -6.64. The fourth-order valence-corrected chi connectivity index (χ4v) is 9.31. The first-order valence-corrected chi connectivity index (χ1v) is 19.7. The van der Waals surface area contributed by atoms with Gasteiger partial charge in [0.2, 0.25) is 0 Å². The van der Waals surface area contributed by atoms with Crippen LogP contribution in [-0.4, -0.2) is 0 Å². The first-order chi connectivity index (χ1) is 27.3. The summed E-state index contributed by atoms with van der Waals surface area (Å²) in [6.45, 7) is 9.48. The largest absolute Gasteiger partial charge is 0.310 e. The minimum absolute atomic E-state index is 0.0822.